The molecule has 9 heteroatoms. The summed E-state index contributed by atoms with van der Waals surface area (Å²) in [6.07, 6.45) is 9.33. The minimum absolute atomic E-state index is 0.135. The number of hydrogen-bond donors (Lipinski definition) is 2. The van der Waals surface area contributed by atoms with E-state index in [-0.39, 0.29) is 17.5 Å². The lowest BCUT2D eigenvalue weighted by atomic mass is 9.89. The fourth-order valence-corrected chi connectivity index (χ4v) is 4.92. The lowest BCUT2D eigenvalue weighted by molar-refractivity contribution is 0.0938. The number of carbonyl (C=O) groups excluding carboxylic acids is 2. The topological polar surface area (TPSA) is 111 Å². The van der Waals surface area contributed by atoms with Crippen LogP contribution in [0.3, 0.4) is 0 Å². The van der Waals surface area contributed by atoms with Crippen LogP contribution >= 0.6 is 0 Å². The first-order valence-corrected chi connectivity index (χ1v) is 12.6. The van der Waals surface area contributed by atoms with Gasteiger partial charge >= 0.3 is 0 Å². The molecule has 1 saturated carbocycles. The summed E-state index contributed by atoms with van der Waals surface area (Å²) < 4.78 is 6.98. The first-order chi connectivity index (χ1) is 18.1. The SMILES string of the molecule is COc1ccc(NC(=O)c2ccc(Cn3ccnn3)c3ccccc23)c(C(=O)NCC2CCCCC2)n1. The predicted molar refractivity (Wildman–Crippen MR) is 141 cm³/mol. The van der Waals surface area contributed by atoms with E-state index in [1.807, 2.05) is 30.3 Å². The molecule has 0 saturated heterocycles. The molecule has 0 unspecified atom stereocenters. The molecule has 5 rings (SSSR count). The smallest absolute Gasteiger partial charge is 0.272 e. The number of methoxy groups -OCH3 is 1. The van der Waals surface area contributed by atoms with Gasteiger partial charge in [0.25, 0.3) is 11.8 Å². The number of anilines is 1. The first kappa shape index (κ1) is 24.4. The van der Waals surface area contributed by atoms with Gasteiger partial charge in [-0.1, -0.05) is 54.8 Å². The standard InChI is InChI=1S/C28H30N6O3/c1-37-25-14-13-24(26(32-25)28(36)29-17-19-7-3-2-4-8-19)31-27(35)23-12-11-20(18-34-16-15-30-33-34)21-9-5-6-10-22(21)23/h5-6,9-16,19H,2-4,7-8,17-18H2,1H3,(H,29,36)(H,31,35). The van der Waals surface area contributed by atoms with E-state index >= 15 is 0 Å². The van der Waals surface area contributed by atoms with Crippen LogP contribution in [0.2, 0.25) is 0 Å². The molecular weight excluding hydrogens is 468 g/mol. The van der Waals surface area contributed by atoms with E-state index in [4.69, 9.17) is 4.74 Å². The molecule has 2 heterocycles. The summed E-state index contributed by atoms with van der Waals surface area (Å²) in [6, 6.07) is 14.7. The summed E-state index contributed by atoms with van der Waals surface area (Å²) in [5.74, 6) is 0.136. The maximum Gasteiger partial charge on any atom is 0.272 e. The molecule has 190 valence electrons. The Morgan fingerprint density at radius 1 is 1.00 bits per heavy atom. The summed E-state index contributed by atoms with van der Waals surface area (Å²) in [5, 5.41) is 15.6. The Kier molecular flexibility index (Phi) is 7.39. The summed E-state index contributed by atoms with van der Waals surface area (Å²) in [7, 11) is 1.50. The Balaban J connectivity index is 1.39. The van der Waals surface area contributed by atoms with Gasteiger partial charge in [0, 0.05) is 24.4 Å². The van der Waals surface area contributed by atoms with E-state index in [1.165, 1.54) is 26.4 Å². The molecule has 1 fully saturated rings. The molecule has 1 aliphatic rings. The molecule has 9 nitrogen and oxygen atoms in total. The number of carbonyl (C=O) groups is 2. The lowest BCUT2D eigenvalue weighted by Crippen LogP contribution is -2.31. The van der Waals surface area contributed by atoms with Crippen molar-refractivity contribution in [3.8, 4) is 5.88 Å². The van der Waals surface area contributed by atoms with Gasteiger partial charge in [-0.3, -0.25) is 9.59 Å². The van der Waals surface area contributed by atoms with Crippen molar-refractivity contribution in [3.05, 3.63) is 77.7 Å². The molecule has 2 N–H and O–H groups in total. The molecule has 4 aromatic rings. The van der Waals surface area contributed by atoms with E-state index < -0.39 is 0 Å². The Labute approximate surface area is 215 Å². The number of ether oxygens (including phenoxy) is 1. The minimum Gasteiger partial charge on any atom is -0.481 e. The summed E-state index contributed by atoms with van der Waals surface area (Å²) >= 11 is 0. The van der Waals surface area contributed by atoms with Gasteiger partial charge in [-0.05, 0) is 47.2 Å². The van der Waals surface area contributed by atoms with E-state index in [2.05, 4.69) is 25.9 Å². The third-order valence-corrected chi connectivity index (χ3v) is 6.88. The van der Waals surface area contributed by atoms with Crippen LogP contribution in [0.5, 0.6) is 5.88 Å². The van der Waals surface area contributed by atoms with Gasteiger partial charge in [0.1, 0.15) is 0 Å². The number of aromatic nitrogens is 4. The maximum atomic E-state index is 13.5. The van der Waals surface area contributed by atoms with Gasteiger partial charge in [0.15, 0.2) is 5.69 Å². The molecule has 37 heavy (non-hydrogen) atoms. The fourth-order valence-electron chi connectivity index (χ4n) is 4.92. The van der Waals surface area contributed by atoms with Crippen molar-refractivity contribution < 1.29 is 14.3 Å². The number of fused-ring (bicyclic) bond motifs is 1. The van der Waals surface area contributed by atoms with E-state index in [0.29, 0.717) is 36.1 Å². The van der Waals surface area contributed by atoms with Crippen molar-refractivity contribution in [3.63, 3.8) is 0 Å². The quantitative estimate of drug-likeness (QED) is 0.371. The predicted octanol–water partition coefficient (Wildman–Crippen LogP) is 4.45. The number of benzene rings is 2. The Bertz CT molecular complexity index is 1400. The molecule has 0 aliphatic heterocycles. The summed E-state index contributed by atoms with van der Waals surface area (Å²) in [4.78, 5) is 30.9. The Hall–Kier alpha value is -4.27. The first-order valence-electron chi connectivity index (χ1n) is 12.6. The van der Waals surface area contributed by atoms with Crippen LogP contribution in [0.15, 0.2) is 60.9 Å². The van der Waals surface area contributed by atoms with Gasteiger partial charge in [-0.25, -0.2) is 9.67 Å². The zero-order valence-corrected chi connectivity index (χ0v) is 20.8. The van der Waals surface area contributed by atoms with Gasteiger partial charge in [-0.15, -0.1) is 5.10 Å². The van der Waals surface area contributed by atoms with Crippen molar-refractivity contribution in [1.29, 1.82) is 0 Å². The Morgan fingerprint density at radius 3 is 2.57 bits per heavy atom. The number of amides is 2. The number of nitrogens with zero attached hydrogens (tertiary/aromatic N) is 4. The van der Waals surface area contributed by atoms with Gasteiger partial charge < -0.3 is 15.4 Å². The molecule has 2 amide bonds. The van der Waals surface area contributed by atoms with Crippen LogP contribution in [-0.4, -0.2) is 45.4 Å². The highest BCUT2D eigenvalue weighted by Crippen LogP contribution is 2.26. The van der Waals surface area contributed by atoms with E-state index in [0.717, 1.165) is 29.2 Å². The van der Waals surface area contributed by atoms with Crippen LogP contribution in [0, 0.1) is 5.92 Å². The van der Waals surface area contributed by atoms with E-state index in [1.54, 1.807) is 35.3 Å². The fraction of sp³-hybridized carbons (Fsp3) is 0.321. The van der Waals surface area contributed by atoms with Gasteiger partial charge in [0.05, 0.1) is 25.5 Å². The molecule has 0 radical (unpaired) electrons. The highest BCUT2D eigenvalue weighted by Gasteiger charge is 2.21. The van der Waals surface area contributed by atoms with Crippen molar-refractivity contribution in [2.24, 2.45) is 5.92 Å². The van der Waals surface area contributed by atoms with Crippen molar-refractivity contribution in [2.45, 2.75) is 38.6 Å². The second-order valence-corrected chi connectivity index (χ2v) is 9.34. The van der Waals surface area contributed by atoms with Crippen LogP contribution < -0.4 is 15.4 Å². The van der Waals surface area contributed by atoms with Gasteiger partial charge in [-0.2, -0.15) is 0 Å². The second kappa shape index (κ2) is 11.2. The highest BCUT2D eigenvalue weighted by molar-refractivity contribution is 6.15. The molecule has 2 aromatic carbocycles. The van der Waals surface area contributed by atoms with Crippen LogP contribution in [0.1, 0.15) is 58.5 Å². The second-order valence-electron chi connectivity index (χ2n) is 9.34. The number of rotatable bonds is 8. The number of hydrogen-bond acceptors (Lipinski definition) is 6. The molecule has 0 spiro atoms. The van der Waals surface area contributed by atoms with Crippen molar-refractivity contribution in [1.82, 2.24) is 25.3 Å². The summed E-state index contributed by atoms with van der Waals surface area (Å²) in [6.45, 7) is 1.14. The molecular formula is C28H30N6O3. The maximum absolute atomic E-state index is 13.5. The van der Waals surface area contributed by atoms with Crippen molar-refractivity contribution >= 4 is 28.3 Å². The normalized spacial score (nSPS) is 13.9. The van der Waals surface area contributed by atoms with Crippen molar-refractivity contribution in [2.75, 3.05) is 19.0 Å². The number of nitrogens with one attached hydrogen (secondary N) is 2. The minimum atomic E-state index is -0.326. The van der Waals surface area contributed by atoms with Crippen LogP contribution in [0.25, 0.3) is 10.8 Å². The molecule has 1 aliphatic carbocycles. The van der Waals surface area contributed by atoms with Gasteiger partial charge in [0.2, 0.25) is 5.88 Å². The lowest BCUT2D eigenvalue weighted by Gasteiger charge is -2.22. The third-order valence-electron chi connectivity index (χ3n) is 6.88. The Morgan fingerprint density at radius 2 is 1.81 bits per heavy atom. The number of pyridine rings is 1. The third kappa shape index (κ3) is 5.61. The zero-order chi connectivity index (χ0) is 25.6. The summed E-state index contributed by atoms with van der Waals surface area (Å²) in [5.41, 5.74) is 1.99. The molecule has 0 atom stereocenters. The van der Waals surface area contributed by atoms with Crippen LogP contribution in [-0.2, 0) is 6.54 Å². The van der Waals surface area contributed by atoms with E-state index in [9.17, 15) is 9.59 Å². The highest BCUT2D eigenvalue weighted by atomic mass is 16.5. The average molecular weight is 499 g/mol. The average Bonchev–Trinajstić information content (AvgIpc) is 3.46. The molecule has 0 bridgehead atoms. The monoisotopic (exact) mass is 498 g/mol. The largest absolute Gasteiger partial charge is 0.481 e. The molecule has 2 aromatic heterocycles. The van der Waals surface area contributed by atoms with Crippen LogP contribution in [0.4, 0.5) is 5.69 Å². The zero-order valence-electron chi connectivity index (χ0n) is 20.8.